The first-order valence-electron chi connectivity index (χ1n) is 10.5. The fourth-order valence-corrected chi connectivity index (χ4v) is 4.28. The molecule has 8 heteroatoms. The van der Waals surface area contributed by atoms with E-state index in [2.05, 4.69) is 17.1 Å². The number of rotatable bonds is 5. The van der Waals surface area contributed by atoms with Crippen LogP contribution in [0.1, 0.15) is 49.8 Å². The van der Waals surface area contributed by atoms with Crippen molar-refractivity contribution in [2.24, 2.45) is 11.7 Å². The molecule has 1 aliphatic carbocycles. The normalized spacial score (nSPS) is 23.0. The van der Waals surface area contributed by atoms with Gasteiger partial charge in [-0.05, 0) is 31.2 Å². The number of nitrogens with one attached hydrogen (secondary N) is 1. The number of carbonyl (C=O) groups excluding carboxylic acids is 2. The highest BCUT2D eigenvalue weighted by Gasteiger charge is 2.27. The molecule has 0 spiro atoms. The molecular weight excluding hydrogens is 423 g/mol. The van der Waals surface area contributed by atoms with Crippen LogP contribution in [0.15, 0.2) is 24.3 Å². The Labute approximate surface area is 192 Å². The Kier molecular flexibility index (Phi) is 11.1. The number of nitrogens with zero attached hydrogens (tertiary/aromatic N) is 2. The number of aryl methyl sites for hydroxylation is 1. The number of carbonyl (C=O) groups is 2. The van der Waals surface area contributed by atoms with E-state index in [1.807, 2.05) is 36.1 Å². The van der Waals surface area contributed by atoms with E-state index in [9.17, 15) is 9.59 Å². The van der Waals surface area contributed by atoms with Crippen LogP contribution in [0.2, 0.25) is 0 Å². The van der Waals surface area contributed by atoms with Crippen molar-refractivity contribution in [2.75, 3.05) is 32.7 Å². The zero-order valence-corrected chi connectivity index (χ0v) is 19.6. The molecule has 3 unspecified atom stereocenters. The van der Waals surface area contributed by atoms with E-state index in [4.69, 9.17) is 5.73 Å². The maximum Gasteiger partial charge on any atom is 0.244 e. The molecular formula is C22H36Cl2N4O2. The summed E-state index contributed by atoms with van der Waals surface area (Å²) in [6.07, 6.45) is 4.65. The first-order valence-corrected chi connectivity index (χ1v) is 10.5. The van der Waals surface area contributed by atoms with Crippen molar-refractivity contribution in [1.82, 2.24) is 15.1 Å². The van der Waals surface area contributed by atoms with E-state index in [-0.39, 0.29) is 36.6 Å². The van der Waals surface area contributed by atoms with Gasteiger partial charge in [-0.15, -0.1) is 24.8 Å². The predicted octanol–water partition coefficient (Wildman–Crippen LogP) is 2.68. The van der Waals surface area contributed by atoms with E-state index in [1.54, 1.807) is 0 Å². The highest BCUT2D eigenvalue weighted by atomic mass is 35.5. The summed E-state index contributed by atoms with van der Waals surface area (Å²) >= 11 is 0. The second-order valence-corrected chi connectivity index (χ2v) is 8.53. The molecule has 0 aromatic heterocycles. The Morgan fingerprint density at radius 3 is 2.33 bits per heavy atom. The van der Waals surface area contributed by atoms with Gasteiger partial charge in [0.15, 0.2) is 0 Å². The molecule has 0 radical (unpaired) electrons. The zero-order chi connectivity index (χ0) is 20.1. The zero-order valence-electron chi connectivity index (χ0n) is 18.0. The van der Waals surface area contributed by atoms with Crippen LogP contribution in [0.4, 0.5) is 0 Å². The monoisotopic (exact) mass is 458 g/mol. The Morgan fingerprint density at radius 2 is 1.73 bits per heavy atom. The highest BCUT2D eigenvalue weighted by molar-refractivity contribution is 5.85. The average Bonchev–Trinajstić information content (AvgIpc) is 2.68. The summed E-state index contributed by atoms with van der Waals surface area (Å²) in [5.74, 6) is 0.769. The topological polar surface area (TPSA) is 78.7 Å². The van der Waals surface area contributed by atoms with Crippen molar-refractivity contribution < 1.29 is 9.59 Å². The van der Waals surface area contributed by atoms with Crippen LogP contribution < -0.4 is 11.1 Å². The molecule has 1 aliphatic heterocycles. The molecule has 2 aliphatic rings. The first-order chi connectivity index (χ1) is 13.4. The molecule has 2 fully saturated rings. The van der Waals surface area contributed by atoms with E-state index in [0.717, 1.165) is 24.0 Å². The lowest BCUT2D eigenvalue weighted by atomic mass is 9.87. The third-order valence-corrected chi connectivity index (χ3v) is 6.06. The molecule has 3 atom stereocenters. The smallest absolute Gasteiger partial charge is 0.244 e. The van der Waals surface area contributed by atoms with Gasteiger partial charge in [0.2, 0.25) is 11.8 Å². The third-order valence-electron chi connectivity index (χ3n) is 6.06. The minimum Gasteiger partial charge on any atom is -0.352 e. The van der Waals surface area contributed by atoms with Crippen molar-refractivity contribution in [3.8, 4) is 0 Å². The van der Waals surface area contributed by atoms with Gasteiger partial charge in [0.05, 0.1) is 6.54 Å². The average molecular weight is 459 g/mol. The largest absolute Gasteiger partial charge is 0.352 e. The molecule has 1 saturated carbocycles. The van der Waals surface area contributed by atoms with Crippen molar-refractivity contribution in [3.05, 3.63) is 35.4 Å². The fraction of sp³-hybridized carbons (Fsp3) is 0.636. The first kappa shape index (κ1) is 26.7. The standard InChI is InChI=1S/C22H34N4O2.2ClH/c1-16-6-8-18(9-7-16)21(23)22(28)26-12-10-25(11-13-26)15-20(27)24-19-5-3-4-17(2)14-19;;/h6-9,17,19,21H,3-5,10-15,23H2,1-2H3,(H,24,27);2*1H. The molecule has 1 saturated heterocycles. The van der Waals surface area contributed by atoms with Crippen molar-refractivity contribution in [2.45, 2.75) is 51.6 Å². The molecule has 1 aromatic carbocycles. The molecule has 30 heavy (non-hydrogen) atoms. The summed E-state index contributed by atoms with van der Waals surface area (Å²) < 4.78 is 0. The van der Waals surface area contributed by atoms with E-state index >= 15 is 0 Å². The van der Waals surface area contributed by atoms with Crippen LogP contribution >= 0.6 is 24.8 Å². The molecule has 3 rings (SSSR count). The van der Waals surface area contributed by atoms with E-state index < -0.39 is 6.04 Å². The third kappa shape index (κ3) is 7.41. The summed E-state index contributed by atoms with van der Waals surface area (Å²) in [5, 5.41) is 3.19. The number of halogens is 2. The molecule has 1 aromatic rings. The summed E-state index contributed by atoms with van der Waals surface area (Å²) in [7, 11) is 0. The summed E-state index contributed by atoms with van der Waals surface area (Å²) in [5.41, 5.74) is 8.18. The predicted molar refractivity (Wildman–Crippen MR) is 125 cm³/mol. The summed E-state index contributed by atoms with van der Waals surface area (Å²) in [6, 6.07) is 7.50. The highest BCUT2D eigenvalue weighted by Crippen LogP contribution is 2.23. The van der Waals surface area contributed by atoms with Gasteiger partial charge in [-0.2, -0.15) is 0 Å². The van der Waals surface area contributed by atoms with Crippen LogP contribution in [-0.2, 0) is 9.59 Å². The Bertz CT molecular complexity index is 678. The van der Waals surface area contributed by atoms with Gasteiger partial charge in [0.25, 0.3) is 0 Å². The second kappa shape index (κ2) is 12.5. The summed E-state index contributed by atoms with van der Waals surface area (Å²) in [6.45, 7) is 7.34. The van der Waals surface area contributed by atoms with Crippen LogP contribution in [0, 0.1) is 12.8 Å². The number of hydrogen-bond donors (Lipinski definition) is 2. The van der Waals surface area contributed by atoms with Crippen molar-refractivity contribution >= 4 is 36.6 Å². The van der Waals surface area contributed by atoms with Gasteiger partial charge in [-0.3, -0.25) is 14.5 Å². The lowest BCUT2D eigenvalue weighted by Gasteiger charge is -2.36. The van der Waals surface area contributed by atoms with Gasteiger partial charge in [0.1, 0.15) is 6.04 Å². The van der Waals surface area contributed by atoms with Gasteiger partial charge in [-0.1, -0.05) is 49.6 Å². The number of amides is 2. The van der Waals surface area contributed by atoms with Crippen molar-refractivity contribution in [3.63, 3.8) is 0 Å². The Hall–Kier alpha value is -1.34. The number of benzene rings is 1. The Balaban J connectivity index is 0.00000225. The lowest BCUT2D eigenvalue weighted by Crippen LogP contribution is -2.53. The van der Waals surface area contributed by atoms with Crippen molar-refractivity contribution in [1.29, 1.82) is 0 Å². The Morgan fingerprint density at radius 1 is 1.10 bits per heavy atom. The number of hydrogen-bond acceptors (Lipinski definition) is 4. The van der Waals surface area contributed by atoms with Crippen LogP contribution in [0.3, 0.4) is 0 Å². The van der Waals surface area contributed by atoms with Crippen LogP contribution in [0.5, 0.6) is 0 Å². The quantitative estimate of drug-likeness (QED) is 0.710. The SMILES string of the molecule is Cc1ccc(C(N)C(=O)N2CCN(CC(=O)NC3CCCC(C)C3)CC2)cc1.Cl.Cl. The van der Waals surface area contributed by atoms with Crippen LogP contribution in [-0.4, -0.2) is 60.4 Å². The molecule has 1 heterocycles. The van der Waals surface area contributed by atoms with Gasteiger partial charge < -0.3 is 16.0 Å². The summed E-state index contributed by atoms with van der Waals surface area (Å²) in [4.78, 5) is 29.0. The van der Waals surface area contributed by atoms with Gasteiger partial charge >= 0.3 is 0 Å². The second-order valence-electron chi connectivity index (χ2n) is 8.53. The number of piperazine rings is 1. The molecule has 170 valence electrons. The molecule has 0 bridgehead atoms. The van der Waals surface area contributed by atoms with E-state index in [0.29, 0.717) is 44.7 Å². The van der Waals surface area contributed by atoms with Crippen LogP contribution in [0.25, 0.3) is 0 Å². The maximum absolute atomic E-state index is 12.7. The lowest BCUT2D eigenvalue weighted by molar-refractivity contribution is -0.134. The fourth-order valence-electron chi connectivity index (χ4n) is 4.28. The van der Waals surface area contributed by atoms with E-state index in [1.165, 1.54) is 12.8 Å². The molecule has 2 amide bonds. The minimum atomic E-state index is -0.622. The maximum atomic E-state index is 12.7. The molecule has 6 nitrogen and oxygen atoms in total. The minimum absolute atomic E-state index is 0. The number of nitrogens with two attached hydrogens (primary N) is 1. The van der Waals surface area contributed by atoms with Gasteiger partial charge in [-0.25, -0.2) is 0 Å². The molecule has 3 N–H and O–H groups in total. The van der Waals surface area contributed by atoms with Gasteiger partial charge in [0, 0.05) is 32.2 Å².